The fraction of sp³-hybridized carbons (Fsp3) is 0.385. The van der Waals surface area contributed by atoms with Crippen LogP contribution in [0.2, 0.25) is 0 Å². The van der Waals surface area contributed by atoms with Crippen molar-refractivity contribution in [3.63, 3.8) is 0 Å². The van der Waals surface area contributed by atoms with Crippen molar-refractivity contribution in [1.29, 1.82) is 0 Å². The third kappa shape index (κ3) is 7.11. The summed E-state index contributed by atoms with van der Waals surface area (Å²) in [5.74, 6) is 3.08. The molecule has 0 amide bonds. The molecule has 0 aliphatic carbocycles. The molecule has 4 nitrogen and oxygen atoms in total. The summed E-state index contributed by atoms with van der Waals surface area (Å²) >= 11 is 1.49. The van der Waals surface area contributed by atoms with E-state index in [1.807, 2.05) is 12.1 Å². The van der Waals surface area contributed by atoms with Gasteiger partial charge in [-0.3, -0.25) is 0 Å². The Bertz CT molecular complexity index is 519. The second-order valence-electron chi connectivity index (χ2n) is 3.94. The number of nitrogens with one attached hydrogen (secondary N) is 1. The van der Waals surface area contributed by atoms with Gasteiger partial charge in [-0.2, -0.15) is 0 Å². The summed E-state index contributed by atoms with van der Waals surface area (Å²) < 4.78 is 25.8. The number of anilines is 1. The van der Waals surface area contributed by atoms with E-state index in [0.717, 1.165) is 4.90 Å². The molecule has 0 saturated heterocycles. The normalized spacial score (nSPS) is 11.1. The number of terminal acetylenes is 1. The minimum absolute atomic E-state index is 0.0953. The summed E-state index contributed by atoms with van der Waals surface area (Å²) in [5.41, 5.74) is 6.28. The van der Waals surface area contributed by atoms with Crippen LogP contribution in [0.1, 0.15) is 12.8 Å². The number of nitrogen functional groups attached to an aromatic ring is 1. The van der Waals surface area contributed by atoms with Gasteiger partial charge in [0.25, 0.3) is 0 Å². The Balaban J connectivity index is 2.27. The van der Waals surface area contributed by atoms with Crippen LogP contribution in [0, 0.1) is 12.3 Å². The minimum atomic E-state index is -3.20. The molecular formula is C13H18N2O2S2. The maximum atomic E-state index is 11.6. The van der Waals surface area contributed by atoms with Crippen molar-refractivity contribution in [2.24, 2.45) is 0 Å². The van der Waals surface area contributed by atoms with Crippen LogP contribution in [0.5, 0.6) is 0 Å². The third-order valence-corrected chi connectivity index (χ3v) is 4.98. The first-order chi connectivity index (χ1) is 9.03. The number of sulfonamides is 1. The predicted molar refractivity (Wildman–Crippen MR) is 81.4 cm³/mol. The first-order valence-electron chi connectivity index (χ1n) is 5.92. The van der Waals surface area contributed by atoms with Gasteiger partial charge in [0.1, 0.15) is 0 Å². The molecule has 0 bridgehead atoms. The van der Waals surface area contributed by atoms with Gasteiger partial charge in [-0.15, -0.1) is 24.1 Å². The highest BCUT2D eigenvalue weighted by atomic mass is 32.2. The number of benzene rings is 1. The van der Waals surface area contributed by atoms with Gasteiger partial charge in [-0.05, 0) is 30.7 Å². The molecule has 1 rings (SSSR count). The number of nitrogens with two attached hydrogens (primary N) is 1. The lowest BCUT2D eigenvalue weighted by Gasteiger charge is -2.06. The zero-order valence-electron chi connectivity index (χ0n) is 10.6. The molecule has 0 fully saturated rings. The number of unbranched alkanes of at least 4 members (excludes halogenated alkanes) is 1. The molecule has 0 spiro atoms. The van der Waals surface area contributed by atoms with Gasteiger partial charge < -0.3 is 5.73 Å². The van der Waals surface area contributed by atoms with Crippen molar-refractivity contribution < 1.29 is 8.42 Å². The van der Waals surface area contributed by atoms with Crippen LogP contribution in [0.25, 0.3) is 0 Å². The van der Waals surface area contributed by atoms with Crippen molar-refractivity contribution in [3.8, 4) is 12.3 Å². The predicted octanol–water partition coefficient (Wildman–Crippen LogP) is 1.69. The van der Waals surface area contributed by atoms with Crippen LogP contribution in [-0.2, 0) is 10.0 Å². The monoisotopic (exact) mass is 298 g/mol. The van der Waals surface area contributed by atoms with Gasteiger partial charge in [0, 0.05) is 29.3 Å². The minimum Gasteiger partial charge on any atom is -0.399 e. The third-order valence-electron chi connectivity index (χ3n) is 2.32. The van der Waals surface area contributed by atoms with Crippen molar-refractivity contribution >= 4 is 27.5 Å². The van der Waals surface area contributed by atoms with E-state index < -0.39 is 10.0 Å². The molecule has 0 radical (unpaired) electrons. The summed E-state index contributed by atoms with van der Waals surface area (Å²) in [7, 11) is -3.20. The molecule has 0 aromatic heterocycles. The SMILES string of the molecule is C#CCCCNS(=O)(=O)CCSc1ccc(N)cc1. The summed E-state index contributed by atoms with van der Waals surface area (Å²) in [4.78, 5) is 1.01. The van der Waals surface area contributed by atoms with Crippen molar-refractivity contribution in [2.45, 2.75) is 17.7 Å². The van der Waals surface area contributed by atoms with E-state index in [4.69, 9.17) is 12.2 Å². The summed E-state index contributed by atoms with van der Waals surface area (Å²) in [6, 6.07) is 7.36. The molecule has 0 atom stereocenters. The van der Waals surface area contributed by atoms with Gasteiger partial charge in [-0.25, -0.2) is 13.1 Å². The van der Waals surface area contributed by atoms with E-state index in [1.165, 1.54) is 11.8 Å². The van der Waals surface area contributed by atoms with E-state index in [9.17, 15) is 8.42 Å². The fourth-order valence-corrected chi connectivity index (χ4v) is 3.70. The smallest absolute Gasteiger partial charge is 0.212 e. The Morgan fingerprint density at radius 1 is 1.32 bits per heavy atom. The molecule has 0 aliphatic heterocycles. The number of hydrogen-bond acceptors (Lipinski definition) is 4. The summed E-state index contributed by atoms with van der Waals surface area (Å²) in [5, 5.41) is 0. The van der Waals surface area contributed by atoms with Crippen LogP contribution in [0.4, 0.5) is 5.69 Å². The molecule has 1 aromatic carbocycles. The summed E-state index contributed by atoms with van der Waals surface area (Å²) in [6.07, 6.45) is 6.35. The highest BCUT2D eigenvalue weighted by Crippen LogP contribution is 2.19. The molecule has 0 heterocycles. The number of thioether (sulfide) groups is 1. The molecule has 1 aromatic rings. The molecule has 6 heteroatoms. The molecule has 0 aliphatic rings. The van der Waals surface area contributed by atoms with Crippen LogP contribution in [0.3, 0.4) is 0 Å². The van der Waals surface area contributed by atoms with Crippen LogP contribution < -0.4 is 10.5 Å². The van der Waals surface area contributed by atoms with Gasteiger partial charge in [0.15, 0.2) is 0 Å². The van der Waals surface area contributed by atoms with Gasteiger partial charge in [-0.1, -0.05) is 0 Å². The lowest BCUT2D eigenvalue weighted by molar-refractivity contribution is 0.581. The van der Waals surface area contributed by atoms with Crippen molar-refractivity contribution in [2.75, 3.05) is 23.8 Å². The topological polar surface area (TPSA) is 72.2 Å². The first-order valence-corrected chi connectivity index (χ1v) is 8.56. The van der Waals surface area contributed by atoms with E-state index >= 15 is 0 Å². The Hall–Kier alpha value is -1.16. The maximum Gasteiger partial charge on any atom is 0.212 e. The van der Waals surface area contributed by atoms with Gasteiger partial charge >= 0.3 is 0 Å². The molecule has 104 valence electrons. The second kappa shape index (κ2) is 8.10. The van der Waals surface area contributed by atoms with Crippen molar-refractivity contribution in [3.05, 3.63) is 24.3 Å². The van der Waals surface area contributed by atoms with Crippen LogP contribution in [0.15, 0.2) is 29.2 Å². The molecule has 19 heavy (non-hydrogen) atoms. The fourth-order valence-electron chi connectivity index (χ4n) is 1.32. The zero-order valence-corrected chi connectivity index (χ0v) is 12.3. The second-order valence-corrected chi connectivity index (χ2v) is 7.03. The lowest BCUT2D eigenvalue weighted by Crippen LogP contribution is -2.28. The highest BCUT2D eigenvalue weighted by molar-refractivity contribution is 8.00. The average molecular weight is 298 g/mol. The summed E-state index contributed by atoms with van der Waals surface area (Å²) in [6.45, 7) is 0.402. The van der Waals surface area contributed by atoms with Crippen molar-refractivity contribution in [1.82, 2.24) is 4.72 Å². The quantitative estimate of drug-likeness (QED) is 0.331. The molecular weight excluding hydrogens is 280 g/mol. The Labute approximate surface area is 119 Å². The highest BCUT2D eigenvalue weighted by Gasteiger charge is 2.09. The first kappa shape index (κ1) is 15.9. The Morgan fingerprint density at radius 3 is 2.63 bits per heavy atom. The Kier molecular flexibility index (Phi) is 6.78. The number of hydrogen-bond donors (Lipinski definition) is 2. The van der Waals surface area contributed by atoms with Crippen LogP contribution >= 0.6 is 11.8 Å². The van der Waals surface area contributed by atoms with E-state index in [1.54, 1.807) is 12.1 Å². The standard InChI is InChI=1S/C13H18N2O2S2/c1-2-3-4-9-15-19(16,17)11-10-18-13-7-5-12(14)6-8-13/h1,5-8,15H,3-4,9-11,14H2. The van der Waals surface area contributed by atoms with E-state index in [-0.39, 0.29) is 5.75 Å². The largest absolute Gasteiger partial charge is 0.399 e. The zero-order chi connectivity index (χ0) is 14.1. The Morgan fingerprint density at radius 2 is 2.00 bits per heavy atom. The lowest BCUT2D eigenvalue weighted by atomic mass is 10.3. The van der Waals surface area contributed by atoms with Crippen LogP contribution in [-0.4, -0.2) is 26.5 Å². The average Bonchev–Trinajstić information content (AvgIpc) is 2.37. The van der Waals surface area contributed by atoms with E-state index in [0.29, 0.717) is 30.8 Å². The molecule has 3 N–H and O–H groups in total. The maximum absolute atomic E-state index is 11.6. The van der Waals surface area contributed by atoms with E-state index in [2.05, 4.69) is 10.6 Å². The van der Waals surface area contributed by atoms with Gasteiger partial charge in [0.05, 0.1) is 5.75 Å². The molecule has 0 unspecified atom stereocenters. The molecule has 0 saturated carbocycles. The van der Waals surface area contributed by atoms with Gasteiger partial charge in [0.2, 0.25) is 10.0 Å². The number of rotatable bonds is 8.